The predicted molar refractivity (Wildman–Crippen MR) is 71.8 cm³/mol. The predicted octanol–water partition coefficient (Wildman–Crippen LogP) is 0.935. The van der Waals surface area contributed by atoms with Crippen molar-refractivity contribution in [2.75, 3.05) is 12.3 Å². The largest absolute Gasteiger partial charge is 0.398 e. The molecule has 1 rings (SSSR count). The summed E-state index contributed by atoms with van der Waals surface area (Å²) in [4.78, 5) is 0.161. The number of nitrogens with one attached hydrogen (secondary N) is 1. The maximum atomic E-state index is 12.0. The first-order chi connectivity index (χ1) is 8.24. The van der Waals surface area contributed by atoms with Crippen molar-refractivity contribution in [2.24, 2.45) is 0 Å². The van der Waals surface area contributed by atoms with E-state index in [1.807, 2.05) is 13.8 Å². The molecule has 1 aromatic carbocycles. The Balaban J connectivity index is 2.92. The fraction of sp³-hybridized carbons (Fsp3) is 0.500. The van der Waals surface area contributed by atoms with Crippen LogP contribution in [0, 0.1) is 13.8 Å². The van der Waals surface area contributed by atoms with Crippen molar-refractivity contribution in [2.45, 2.75) is 38.2 Å². The smallest absolute Gasteiger partial charge is 0.240 e. The Morgan fingerprint density at radius 2 is 2.00 bits per heavy atom. The first-order valence-corrected chi connectivity index (χ1v) is 7.27. The number of rotatable bonds is 5. The van der Waals surface area contributed by atoms with Gasteiger partial charge in [-0.25, -0.2) is 13.1 Å². The lowest BCUT2D eigenvalue weighted by molar-refractivity contribution is 0.186. The molecule has 0 saturated carbocycles. The number of nitrogen functional groups attached to an aromatic ring is 1. The molecule has 18 heavy (non-hydrogen) atoms. The first kappa shape index (κ1) is 14.9. The molecule has 1 unspecified atom stereocenters. The molecular weight excluding hydrogens is 252 g/mol. The van der Waals surface area contributed by atoms with Gasteiger partial charge in [-0.15, -0.1) is 0 Å². The highest BCUT2D eigenvalue weighted by Gasteiger charge is 2.15. The Kier molecular flexibility index (Phi) is 4.72. The molecule has 1 atom stereocenters. The van der Waals surface area contributed by atoms with E-state index < -0.39 is 16.1 Å². The van der Waals surface area contributed by atoms with Crippen LogP contribution >= 0.6 is 0 Å². The fourth-order valence-electron chi connectivity index (χ4n) is 1.49. The van der Waals surface area contributed by atoms with Gasteiger partial charge in [0.1, 0.15) is 0 Å². The lowest BCUT2D eigenvalue weighted by atomic mass is 10.1. The van der Waals surface area contributed by atoms with E-state index in [1.54, 1.807) is 13.0 Å². The molecule has 0 spiro atoms. The summed E-state index contributed by atoms with van der Waals surface area (Å²) in [7, 11) is -3.56. The Labute approximate surface area is 108 Å². The highest BCUT2D eigenvalue weighted by atomic mass is 32.2. The number of hydrogen-bond donors (Lipinski definition) is 3. The van der Waals surface area contributed by atoms with Crippen LogP contribution in [0.2, 0.25) is 0 Å². The van der Waals surface area contributed by atoms with Crippen LogP contribution in [0.25, 0.3) is 0 Å². The number of sulfonamides is 1. The van der Waals surface area contributed by atoms with Crippen molar-refractivity contribution in [1.82, 2.24) is 4.72 Å². The standard InChI is InChI=1S/C12H20N2O3S/c1-8-6-11(7-12(13)10(8)3)18(16,17)14-5-4-9(2)15/h6-7,9,14-15H,4-5,13H2,1-3H3. The van der Waals surface area contributed by atoms with Gasteiger partial charge >= 0.3 is 0 Å². The Morgan fingerprint density at radius 1 is 1.39 bits per heavy atom. The van der Waals surface area contributed by atoms with Crippen molar-refractivity contribution in [1.29, 1.82) is 0 Å². The molecule has 5 nitrogen and oxygen atoms in total. The quantitative estimate of drug-likeness (QED) is 0.695. The van der Waals surface area contributed by atoms with E-state index in [4.69, 9.17) is 10.8 Å². The van der Waals surface area contributed by atoms with Gasteiger partial charge in [-0.05, 0) is 50.5 Å². The number of aliphatic hydroxyl groups is 1. The summed E-state index contributed by atoms with van der Waals surface area (Å²) in [6.07, 6.45) is -0.156. The molecule has 0 saturated heterocycles. The maximum absolute atomic E-state index is 12.0. The number of nitrogens with two attached hydrogens (primary N) is 1. The lowest BCUT2D eigenvalue weighted by Crippen LogP contribution is -2.27. The van der Waals surface area contributed by atoms with E-state index >= 15 is 0 Å². The molecule has 0 amide bonds. The minimum Gasteiger partial charge on any atom is -0.398 e. The number of anilines is 1. The van der Waals surface area contributed by atoms with E-state index in [0.717, 1.165) is 11.1 Å². The highest BCUT2D eigenvalue weighted by Crippen LogP contribution is 2.21. The van der Waals surface area contributed by atoms with E-state index in [1.165, 1.54) is 6.07 Å². The van der Waals surface area contributed by atoms with Crippen molar-refractivity contribution >= 4 is 15.7 Å². The second kappa shape index (κ2) is 5.69. The molecule has 0 aromatic heterocycles. The van der Waals surface area contributed by atoms with Crippen molar-refractivity contribution in [3.8, 4) is 0 Å². The van der Waals surface area contributed by atoms with Gasteiger partial charge in [0.15, 0.2) is 0 Å². The van der Waals surface area contributed by atoms with Crippen molar-refractivity contribution < 1.29 is 13.5 Å². The van der Waals surface area contributed by atoms with E-state index in [-0.39, 0.29) is 11.4 Å². The van der Waals surface area contributed by atoms with Crippen LogP contribution < -0.4 is 10.5 Å². The van der Waals surface area contributed by atoms with Crippen LogP contribution in [0.15, 0.2) is 17.0 Å². The molecule has 4 N–H and O–H groups in total. The van der Waals surface area contributed by atoms with Gasteiger partial charge < -0.3 is 10.8 Å². The summed E-state index contributed by atoms with van der Waals surface area (Å²) in [6.45, 7) is 5.48. The molecule has 102 valence electrons. The second-order valence-corrected chi connectivity index (χ2v) is 6.26. The van der Waals surface area contributed by atoms with Crippen LogP contribution in [0.3, 0.4) is 0 Å². The lowest BCUT2D eigenvalue weighted by Gasteiger charge is -2.11. The van der Waals surface area contributed by atoms with Crippen LogP contribution in [-0.4, -0.2) is 26.2 Å². The van der Waals surface area contributed by atoms with Crippen LogP contribution in [0.5, 0.6) is 0 Å². The van der Waals surface area contributed by atoms with E-state index in [9.17, 15) is 8.42 Å². The topological polar surface area (TPSA) is 92.4 Å². The van der Waals surface area contributed by atoms with Crippen LogP contribution in [0.4, 0.5) is 5.69 Å². The Morgan fingerprint density at radius 3 is 2.50 bits per heavy atom. The highest BCUT2D eigenvalue weighted by molar-refractivity contribution is 7.89. The third-order valence-corrected chi connectivity index (χ3v) is 4.29. The number of aliphatic hydroxyl groups excluding tert-OH is 1. The second-order valence-electron chi connectivity index (χ2n) is 4.49. The average Bonchev–Trinajstić information content (AvgIpc) is 2.24. The van der Waals surface area contributed by atoms with Crippen LogP contribution in [-0.2, 0) is 10.0 Å². The zero-order valence-electron chi connectivity index (χ0n) is 10.9. The molecular formula is C12H20N2O3S. The average molecular weight is 272 g/mol. The third kappa shape index (κ3) is 3.69. The molecule has 0 bridgehead atoms. The van der Waals surface area contributed by atoms with Gasteiger partial charge in [-0.3, -0.25) is 0 Å². The normalized spacial score (nSPS) is 13.6. The van der Waals surface area contributed by atoms with Gasteiger partial charge in [0.25, 0.3) is 0 Å². The summed E-state index contributed by atoms with van der Waals surface area (Å²) < 4.78 is 26.4. The molecule has 0 aliphatic carbocycles. The first-order valence-electron chi connectivity index (χ1n) is 5.78. The Bertz CT molecular complexity index is 501. The summed E-state index contributed by atoms with van der Waals surface area (Å²) in [5, 5.41) is 9.09. The van der Waals surface area contributed by atoms with Gasteiger partial charge in [0.2, 0.25) is 10.0 Å². The molecule has 0 heterocycles. The minimum atomic E-state index is -3.56. The SMILES string of the molecule is Cc1cc(S(=O)(=O)NCCC(C)O)cc(N)c1C. The van der Waals surface area contributed by atoms with Gasteiger partial charge in [-0.2, -0.15) is 0 Å². The number of hydrogen-bond acceptors (Lipinski definition) is 4. The van der Waals surface area contributed by atoms with Crippen molar-refractivity contribution in [3.05, 3.63) is 23.3 Å². The molecule has 6 heteroatoms. The summed E-state index contributed by atoms with van der Waals surface area (Å²) in [5.41, 5.74) is 7.95. The van der Waals surface area contributed by atoms with E-state index in [0.29, 0.717) is 12.1 Å². The third-order valence-electron chi connectivity index (χ3n) is 2.85. The van der Waals surface area contributed by atoms with E-state index in [2.05, 4.69) is 4.72 Å². The molecule has 1 aromatic rings. The van der Waals surface area contributed by atoms with Crippen LogP contribution in [0.1, 0.15) is 24.5 Å². The summed E-state index contributed by atoms with van der Waals surface area (Å²) >= 11 is 0. The van der Waals surface area contributed by atoms with Gasteiger partial charge in [0.05, 0.1) is 11.0 Å². The zero-order chi connectivity index (χ0) is 13.9. The molecule has 0 radical (unpaired) electrons. The summed E-state index contributed by atoms with van der Waals surface area (Å²) in [5.74, 6) is 0. The monoisotopic (exact) mass is 272 g/mol. The fourth-order valence-corrected chi connectivity index (χ4v) is 2.66. The number of aryl methyl sites for hydroxylation is 1. The van der Waals surface area contributed by atoms with Crippen molar-refractivity contribution in [3.63, 3.8) is 0 Å². The molecule has 0 aliphatic heterocycles. The Hall–Kier alpha value is -1.11. The number of benzene rings is 1. The zero-order valence-corrected chi connectivity index (χ0v) is 11.7. The maximum Gasteiger partial charge on any atom is 0.240 e. The van der Waals surface area contributed by atoms with Gasteiger partial charge in [0, 0.05) is 12.2 Å². The minimum absolute atomic E-state index is 0.161. The molecule has 0 aliphatic rings. The molecule has 0 fully saturated rings. The summed E-state index contributed by atoms with van der Waals surface area (Å²) in [6, 6.07) is 3.05. The van der Waals surface area contributed by atoms with Gasteiger partial charge in [-0.1, -0.05) is 0 Å².